The summed E-state index contributed by atoms with van der Waals surface area (Å²) in [5.41, 5.74) is 1.72. The summed E-state index contributed by atoms with van der Waals surface area (Å²) in [6, 6.07) is 6.33. The molecule has 128 valence electrons. The number of halogens is 1. The lowest BCUT2D eigenvalue weighted by Crippen LogP contribution is -2.37. The first kappa shape index (κ1) is 17.4. The van der Waals surface area contributed by atoms with E-state index in [2.05, 4.69) is 4.98 Å². The van der Waals surface area contributed by atoms with Gasteiger partial charge in [-0.3, -0.25) is 4.79 Å². The Labute approximate surface area is 150 Å². The maximum Gasteiger partial charge on any atom is 0.235 e. The third-order valence-electron chi connectivity index (χ3n) is 4.17. The number of benzene rings is 1. The molecule has 0 N–H and O–H groups in total. The van der Waals surface area contributed by atoms with Crippen LogP contribution in [-0.4, -0.2) is 34.1 Å². The highest BCUT2D eigenvalue weighted by Crippen LogP contribution is 2.31. The summed E-state index contributed by atoms with van der Waals surface area (Å²) in [7, 11) is 0. The molecule has 0 bridgehead atoms. The van der Waals surface area contributed by atoms with Gasteiger partial charge in [0.25, 0.3) is 0 Å². The first-order chi connectivity index (χ1) is 11.6. The van der Waals surface area contributed by atoms with Crippen LogP contribution in [0.2, 0.25) is 0 Å². The third kappa shape index (κ3) is 4.36. The van der Waals surface area contributed by atoms with Crippen molar-refractivity contribution in [2.24, 2.45) is 0 Å². The van der Waals surface area contributed by atoms with Gasteiger partial charge in [-0.2, -0.15) is 0 Å². The summed E-state index contributed by atoms with van der Waals surface area (Å²) in [6.07, 6.45) is 4.65. The van der Waals surface area contributed by atoms with Gasteiger partial charge in [-0.05, 0) is 44.0 Å². The number of rotatable bonds is 4. The monoisotopic (exact) mass is 364 g/mol. The fourth-order valence-corrected chi connectivity index (χ4v) is 4.87. The minimum absolute atomic E-state index is 0.129. The number of hydrogen-bond acceptors (Lipinski definition) is 4. The van der Waals surface area contributed by atoms with E-state index < -0.39 is 0 Å². The molecule has 2 aromatic rings. The highest BCUT2D eigenvalue weighted by atomic mass is 32.2. The van der Waals surface area contributed by atoms with Crippen molar-refractivity contribution in [2.45, 2.75) is 42.2 Å². The summed E-state index contributed by atoms with van der Waals surface area (Å²) in [6.45, 7) is 3.71. The summed E-state index contributed by atoms with van der Waals surface area (Å²) >= 11 is 3.05. The SMILES string of the molecule is CC(Sc1nc(-c2ccc(F)cc2)cs1)C(=O)N1CCCCCC1. The van der Waals surface area contributed by atoms with Crippen molar-refractivity contribution in [1.82, 2.24) is 9.88 Å². The van der Waals surface area contributed by atoms with E-state index in [1.807, 2.05) is 17.2 Å². The molecule has 3 rings (SSSR count). The van der Waals surface area contributed by atoms with Gasteiger partial charge in [-0.25, -0.2) is 9.37 Å². The van der Waals surface area contributed by atoms with Gasteiger partial charge in [0.05, 0.1) is 10.9 Å². The molecule has 1 saturated heterocycles. The molecule has 1 aromatic heterocycles. The first-order valence-electron chi connectivity index (χ1n) is 8.30. The zero-order chi connectivity index (χ0) is 16.9. The number of carbonyl (C=O) groups is 1. The van der Waals surface area contributed by atoms with Crippen molar-refractivity contribution in [3.63, 3.8) is 0 Å². The minimum atomic E-state index is -0.250. The molecule has 1 aliphatic rings. The fraction of sp³-hybridized carbons (Fsp3) is 0.444. The molecule has 0 radical (unpaired) electrons. The van der Waals surface area contributed by atoms with E-state index in [0.29, 0.717) is 0 Å². The van der Waals surface area contributed by atoms with Crippen LogP contribution in [-0.2, 0) is 4.79 Å². The minimum Gasteiger partial charge on any atom is -0.342 e. The van der Waals surface area contributed by atoms with Crippen molar-refractivity contribution in [3.05, 3.63) is 35.5 Å². The zero-order valence-corrected chi connectivity index (χ0v) is 15.3. The molecular formula is C18H21FN2OS2. The fourth-order valence-electron chi connectivity index (χ4n) is 2.81. The van der Waals surface area contributed by atoms with Crippen molar-refractivity contribution in [3.8, 4) is 11.3 Å². The van der Waals surface area contributed by atoms with Crippen LogP contribution in [0.4, 0.5) is 4.39 Å². The van der Waals surface area contributed by atoms with Gasteiger partial charge in [0, 0.05) is 24.0 Å². The van der Waals surface area contributed by atoms with Gasteiger partial charge < -0.3 is 4.90 Å². The Hall–Kier alpha value is -1.40. The Morgan fingerprint density at radius 3 is 2.54 bits per heavy atom. The summed E-state index contributed by atoms with van der Waals surface area (Å²) in [5.74, 6) is -0.0410. The summed E-state index contributed by atoms with van der Waals surface area (Å²) < 4.78 is 13.9. The average Bonchev–Trinajstić information content (AvgIpc) is 2.88. The van der Waals surface area contributed by atoms with Crippen molar-refractivity contribution < 1.29 is 9.18 Å². The Bertz CT molecular complexity index is 679. The average molecular weight is 365 g/mol. The topological polar surface area (TPSA) is 33.2 Å². The highest BCUT2D eigenvalue weighted by molar-refractivity contribution is 8.02. The van der Waals surface area contributed by atoms with Gasteiger partial charge in [0.15, 0.2) is 4.34 Å². The molecule has 2 heterocycles. The second-order valence-electron chi connectivity index (χ2n) is 6.01. The maximum absolute atomic E-state index is 13.0. The Morgan fingerprint density at radius 2 is 1.88 bits per heavy atom. The molecule has 1 fully saturated rings. The number of nitrogens with zero attached hydrogens (tertiary/aromatic N) is 2. The number of carbonyl (C=O) groups excluding carboxylic acids is 1. The smallest absolute Gasteiger partial charge is 0.235 e. The quantitative estimate of drug-likeness (QED) is 0.729. The van der Waals surface area contributed by atoms with E-state index in [0.717, 1.165) is 41.5 Å². The summed E-state index contributed by atoms with van der Waals surface area (Å²) in [4.78, 5) is 19.2. The van der Waals surface area contributed by atoms with Crippen LogP contribution in [0.1, 0.15) is 32.6 Å². The second-order valence-corrected chi connectivity index (χ2v) is 8.45. The second kappa shape index (κ2) is 8.12. The molecule has 0 spiro atoms. The van der Waals surface area contributed by atoms with E-state index in [-0.39, 0.29) is 17.0 Å². The van der Waals surface area contributed by atoms with Crippen molar-refractivity contribution >= 4 is 29.0 Å². The number of hydrogen-bond donors (Lipinski definition) is 0. The van der Waals surface area contributed by atoms with Gasteiger partial charge in [-0.15, -0.1) is 11.3 Å². The lowest BCUT2D eigenvalue weighted by molar-refractivity contribution is -0.130. The van der Waals surface area contributed by atoms with E-state index in [1.54, 1.807) is 12.1 Å². The zero-order valence-electron chi connectivity index (χ0n) is 13.7. The van der Waals surface area contributed by atoms with Gasteiger partial charge in [-0.1, -0.05) is 24.6 Å². The predicted molar refractivity (Wildman–Crippen MR) is 97.9 cm³/mol. The van der Waals surface area contributed by atoms with Gasteiger partial charge in [0.1, 0.15) is 5.82 Å². The molecule has 1 atom stereocenters. The molecule has 1 amide bonds. The molecule has 1 unspecified atom stereocenters. The molecule has 24 heavy (non-hydrogen) atoms. The number of likely N-dealkylation sites (tertiary alicyclic amines) is 1. The molecule has 1 aromatic carbocycles. The number of thioether (sulfide) groups is 1. The Kier molecular flexibility index (Phi) is 5.89. The van der Waals surface area contributed by atoms with Crippen LogP contribution >= 0.6 is 23.1 Å². The molecule has 1 aliphatic heterocycles. The van der Waals surface area contributed by atoms with E-state index in [1.165, 1.54) is 48.1 Å². The number of amides is 1. The summed E-state index contributed by atoms with van der Waals surface area (Å²) in [5, 5.41) is 1.83. The Morgan fingerprint density at radius 1 is 1.21 bits per heavy atom. The maximum atomic E-state index is 13.0. The van der Waals surface area contributed by atoms with Crippen molar-refractivity contribution in [2.75, 3.05) is 13.1 Å². The van der Waals surface area contributed by atoms with E-state index >= 15 is 0 Å². The predicted octanol–water partition coefficient (Wildman–Crippen LogP) is 4.83. The largest absolute Gasteiger partial charge is 0.342 e. The molecule has 0 saturated carbocycles. The Balaban J connectivity index is 1.63. The van der Waals surface area contributed by atoms with Crippen molar-refractivity contribution in [1.29, 1.82) is 0 Å². The highest BCUT2D eigenvalue weighted by Gasteiger charge is 2.23. The standard InChI is InChI=1S/C18H21FN2OS2/c1-13(17(22)21-10-4-2-3-5-11-21)24-18-20-16(12-23-18)14-6-8-15(19)9-7-14/h6-9,12-13H,2-5,10-11H2,1H3. The number of aromatic nitrogens is 1. The van der Waals surface area contributed by atoms with E-state index in [9.17, 15) is 9.18 Å². The first-order valence-corrected chi connectivity index (χ1v) is 10.1. The van der Waals surface area contributed by atoms with Crippen LogP contribution in [0.25, 0.3) is 11.3 Å². The molecule has 3 nitrogen and oxygen atoms in total. The molecule has 0 aliphatic carbocycles. The normalized spacial score (nSPS) is 16.7. The third-order valence-corrected chi connectivity index (χ3v) is 6.23. The van der Waals surface area contributed by atoms with E-state index in [4.69, 9.17) is 0 Å². The molecular weight excluding hydrogens is 343 g/mol. The van der Waals surface area contributed by atoms with Crippen LogP contribution in [0, 0.1) is 5.82 Å². The van der Waals surface area contributed by atoms with Gasteiger partial charge >= 0.3 is 0 Å². The lowest BCUT2D eigenvalue weighted by Gasteiger charge is -2.23. The van der Waals surface area contributed by atoms with Crippen LogP contribution in [0.15, 0.2) is 34.0 Å². The van der Waals surface area contributed by atoms with Crippen LogP contribution < -0.4 is 0 Å². The van der Waals surface area contributed by atoms with Gasteiger partial charge in [0.2, 0.25) is 5.91 Å². The lowest BCUT2D eigenvalue weighted by atomic mass is 10.2. The molecule has 6 heteroatoms. The van der Waals surface area contributed by atoms with Crippen LogP contribution in [0.5, 0.6) is 0 Å². The van der Waals surface area contributed by atoms with Crippen LogP contribution in [0.3, 0.4) is 0 Å². The number of thiazole rings is 1.